The SMILES string of the molecule is Cc1c(COc2cc(OCc3cncc(C#N)c3)c(CNCC(O)CC(=O)O)cc2Cl)cccc1-c1ccc2c(c1)OC(CNCC(O)CC(=O)O)CO2. The number of pyridine rings is 1. The zero-order chi connectivity index (χ0) is 38.6. The van der Waals surface area contributed by atoms with E-state index in [1.165, 1.54) is 6.20 Å². The number of nitriles is 1. The highest BCUT2D eigenvalue weighted by Gasteiger charge is 2.23. The lowest BCUT2D eigenvalue weighted by Crippen LogP contribution is -2.41. The van der Waals surface area contributed by atoms with E-state index in [1.54, 1.807) is 24.4 Å². The van der Waals surface area contributed by atoms with Crippen molar-refractivity contribution in [3.63, 3.8) is 0 Å². The molecule has 0 aliphatic carbocycles. The van der Waals surface area contributed by atoms with Crippen LogP contribution in [0, 0.1) is 18.3 Å². The zero-order valence-corrected chi connectivity index (χ0v) is 30.2. The van der Waals surface area contributed by atoms with E-state index in [2.05, 4.69) is 21.7 Å². The second kappa shape index (κ2) is 19.1. The van der Waals surface area contributed by atoms with Gasteiger partial charge in [0.25, 0.3) is 0 Å². The van der Waals surface area contributed by atoms with Gasteiger partial charge in [-0.3, -0.25) is 14.6 Å². The van der Waals surface area contributed by atoms with Crippen molar-refractivity contribution in [3.05, 3.63) is 99.8 Å². The van der Waals surface area contributed by atoms with Crippen molar-refractivity contribution in [2.45, 2.75) is 57.8 Å². The van der Waals surface area contributed by atoms with Crippen molar-refractivity contribution in [2.24, 2.45) is 0 Å². The molecule has 3 unspecified atom stereocenters. The highest BCUT2D eigenvalue weighted by atomic mass is 35.5. The third-order valence-corrected chi connectivity index (χ3v) is 8.80. The fourth-order valence-corrected chi connectivity index (χ4v) is 6.01. The number of benzene rings is 3. The lowest BCUT2D eigenvalue weighted by Gasteiger charge is -2.27. The Morgan fingerprint density at radius 1 is 0.944 bits per heavy atom. The first-order chi connectivity index (χ1) is 26.0. The van der Waals surface area contributed by atoms with Gasteiger partial charge in [-0.1, -0.05) is 35.9 Å². The number of aromatic nitrogens is 1. The molecule has 4 aromatic rings. The molecular formula is C39H41ClN4O10. The van der Waals surface area contributed by atoms with Crippen LogP contribution in [0.5, 0.6) is 23.0 Å². The maximum Gasteiger partial charge on any atom is 0.306 e. The van der Waals surface area contributed by atoms with Gasteiger partial charge in [-0.15, -0.1) is 0 Å². The Morgan fingerprint density at radius 2 is 1.69 bits per heavy atom. The van der Waals surface area contributed by atoms with E-state index in [1.807, 2.05) is 43.3 Å². The normalized spacial score (nSPS) is 14.5. The fraction of sp³-hybridized carbons (Fsp3) is 0.333. The summed E-state index contributed by atoms with van der Waals surface area (Å²) in [6.07, 6.45) is -0.113. The number of carboxylic acids is 2. The Labute approximate surface area is 316 Å². The predicted octanol–water partition coefficient (Wildman–Crippen LogP) is 4.23. The van der Waals surface area contributed by atoms with E-state index >= 15 is 0 Å². The number of carbonyl (C=O) groups is 2. The molecule has 54 heavy (non-hydrogen) atoms. The summed E-state index contributed by atoms with van der Waals surface area (Å²) in [5.74, 6) is -0.201. The number of nitrogens with zero attached hydrogens (tertiary/aromatic N) is 2. The maximum atomic E-state index is 11.0. The van der Waals surface area contributed by atoms with Gasteiger partial charge in [-0.25, -0.2) is 0 Å². The summed E-state index contributed by atoms with van der Waals surface area (Å²) in [4.78, 5) is 25.9. The van der Waals surface area contributed by atoms with Crippen LogP contribution >= 0.6 is 11.6 Å². The Hall–Kier alpha value is -5.43. The number of aliphatic hydroxyl groups is 2. The molecule has 0 bridgehead atoms. The van der Waals surface area contributed by atoms with Gasteiger partial charge in [0.15, 0.2) is 11.5 Å². The summed E-state index contributed by atoms with van der Waals surface area (Å²) in [5.41, 5.74) is 5.44. The maximum absolute atomic E-state index is 11.0. The molecule has 0 spiro atoms. The van der Waals surface area contributed by atoms with E-state index in [-0.39, 0.29) is 45.4 Å². The number of hydrogen-bond donors (Lipinski definition) is 6. The molecule has 0 radical (unpaired) electrons. The first-order valence-electron chi connectivity index (χ1n) is 17.1. The van der Waals surface area contributed by atoms with Crippen LogP contribution in [0.1, 0.15) is 40.7 Å². The quantitative estimate of drug-likeness (QED) is 0.0790. The van der Waals surface area contributed by atoms with Crippen molar-refractivity contribution in [1.29, 1.82) is 5.26 Å². The smallest absolute Gasteiger partial charge is 0.306 e. The van der Waals surface area contributed by atoms with Crippen LogP contribution in [0.25, 0.3) is 11.1 Å². The lowest BCUT2D eigenvalue weighted by atomic mass is 9.96. The molecular weight excluding hydrogens is 720 g/mol. The molecule has 2 heterocycles. The molecule has 3 aromatic carbocycles. The van der Waals surface area contributed by atoms with Crippen LogP contribution in [0.15, 0.2) is 67.0 Å². The van der Waals surface area contributed by atoms with Gasteiger partial charge in [0, 0.05) is 55.8 Å². The second-order valence-corrected chi connectivity index (χ2v) is 13.2. The van der Waals surface area contributed by atoms with Crippen molar-refractivity contribution in [2.75, 3.05) is 26.2 Å². The van der Waals surface area contributed by atoms with Gasteiger partial charge in [-0.2, -0.15) is 5.26 Å². The van der Waals surface area contributed by atoms with Gasteiger partial charge < -0.3 is 50.0 Å². The molecule has 284 valence electrons. The Kier molecular flexibility index (Phi) is 14.0. The molecule has 3 atom stereocenters. The molecule has 0 fully saturated rings. The molecule has 1 aliphatic rings. The van der Waals surface area contributed by atoms with E-state index in [0.717, 1.165) is 22.3 Å². The molecule has 6 N–H and O–H groups in total. The standard InChI is InChI=1S/C39H41ClN4O10/c1-23-27(3-2-4-32(23)26-5-6-34-37(9-26)54-31(22-53-34)19-44-18-30(46)11-39(49)50)21-52-36-12-35(51-20-25-7-24(13-41)14-42-15-25)28(8-33(36)40)16-43-17-29(45)10-38(47)48/h2-9,12,14-15,29-31,43-46H,10-11,16-22H2,1H3,(H,47,48)(H,49,50). The monoisotopic (exact) mass is 760 g/mol. The van der Waals surface area contributed by atoms with E-state index in [0.29, 0.717) is 57.9 Å². The Bertz CT molecular complexity index is 1990. The summed E-state index contributed by atoms with van der Waals surface area (Å²) >= 11 is 6.70. The van der Waals surface area contributed by atoms with Crippen molar-refractivity contribution in [3.8, 4) is 40.2 Å². The first kappa shape index (κ1) is 39.8. The number of aliphatic hydroxyl groups excluding tert-OH is 2. The first-order valence-corrected chi connectivity index (χ1v) is 17.5. The van der Waals surface area contributed by atoms with Crippen molar-refractivity contribution in [1.82, 2.24) is 15.6 Å². The average Bonchev–Trinajstić information content (AvgIpc) is 3.13. The van der Waals surface area contributed by atoms with Crippen LogP contribution < -0.4 is 29.6 Å². The lowest BCUT2D eigenvalue weighted by molar-refractivity contribution is -0.140. The second-order valence-electron chi connectivity index (χ2n) is 12.8. The fourth-order valence-electron chi connectivity index (χ4n) is 5.77. The van der Waals surface area contributed by atoms with E-state index in [4.69, 9.17) is 40.8 Å². The third kappa shape index (κ3) is 11.3. The Balaban J connectivity index is 1.28. The molecule has 1 aliphatic heterocycles. The molecule has 0 saturated carbocycles. The van der Waals surface area contributed by atoms with E-state index in [9.17, 15) is 25.1 Å². The third-order valence-electron chi connectivity index (χ3n) is 8.50. The Morgan fingerprint density at radius 3 is 2.43 bits per heavy atom. The number of ether oxygens (including phenoxy) is 4. The molecule has 15 heteroatoms. The van der Waals surface area contributed by atoms with Gasteiger partial charge in [0.1, 0.15) is 43.5 Å². The summed E-state index contributed by atoms with van der Waals surface area (Å²) in [6.45, 7) is 3.30. The molecule has 0 saturated heterocycles. The van der Waals surface area contributed by atoms with Gasteiger partial charge in [0.2, 0.25) is 0 Å². The molecule has 1 aromatic heterocycles. The van der Waals surface area contributed by atoms with Crippen LogP contribution in [-0.4, -0.2) is 81.9 Å². The number of hydrogen-bond acceptors (Lipinski definition) is 12. The van der Waals surface area contributed by atoms with E-state index < -0.39 is 30.6 Å². The van der Waals surface area contributed by atoms with Crippen molar-refractivity contribution >= 4 is 23.5 Å². The topological polar surface area (TPSA) is 213 Å². The van der Waals surface area contributed by atoms with Crippen LogP contribution in [0.4, 0.5) is 0 Å². The summed E-state index contributed by atoms with van der Waals surface area (Å²) in [5, 5.41) is 53.3. The van der Waals surface area contributed by atoms with Gasteiger partial charge >= 0.3 is 11.9 Å². The molecule has 14 nitrogen and oxygen atoms in total. The minimum Gasteiger partial charge on any atom is -0.488 e. The number of aliphatic carboxylic acids is 2. The highest BCUT2D eigenvalue weighted by Crippen LogP contribution is 2.38. The number of carboxylic acid groups (broad SMARTS) is 2. The number of halogens is 1. The van der Waals surface area contributed by atoms with Crippen LogP contribution in [-0.2, 0) is 29.3 Å². The summed E-state index contributed by atoms with van der Waals surface area (Å²) in [6, 6.07) is 18.7. The molecule has 5 rings (SSSR count). The number of rotatable bonds is 19. The van der Waals surface area contributed by atoms with Gasteiger partial charge in [0.05, 0.1) is 35.6 Å². The highest BCUT2D eigenvalue weighted by molar-refractivity contribution is 6.32. The van der Waals surface area contributed by atoms with Crippen LogP contribution in [0.2, 0.25) is 5.02 Å². The van der Waals surface area contributed by atoms with Crippen molar-refractivity contribution < 1.29 is 49.0 Å². The number of nitrogens with one attached hydrogen (secondary N) is 2. The average molecular weight is 761 g/mol. The largest absolute Gasteiger partial charge is 0.488 e. The summed E-state index contributed by atoms with van der Waals surface area (Å²) < 4.78 is 24.5. The minimum absolute atomic E-state index is 0.0354. The molecule has 0 amide bonds. The zero-order valence-electron chi connectivity index (χ0n) is 29.5. The minimum atomic E-state index is -1.11. The summed E-state index contributed by atoms with van der Waals surface area (Å²) in [7, 11) is 0. The van der Waals surface area contributed by atoms with Gasteiger partial charge in [-0.05, 0) is 53.4 Å². The number of fused-ring (bicyclic) bond motifs is 1. The predicted molar refractivity (Wildman–Crippen MR) is 197 cm³/mol. The van der Waals surface area contributed by atoms with Crippen LogP contribution in [0.3, 0.4) is 0 Å².